The topological polar surface area (TPSA) is 69.3 Å². The number of rotatable bonds is 5. The molecule has 0 N–H and O–H groups in total. The quantitative estimate of drug-likeness (QED) is 0.483. The number of hydrogen-bond acceptors (Lipinski definition) is 5. The molecule has 0 saturated carbocycles. The maximum Gasteiger partial charge on any atom is 0.267 e. The number of thioether (sulfide) groups is 1. The lowest BCUT2D eigenvalue weighted by atomic mass is 10.0. The first-order valence-corrected chi connectivity index (χ1v) is 10.1. The Labute approximate surface area is 166 Å². The van der Waals surface area contributed by atoms with Crippen molar-refractivity contribution in [1.82, 2.24) is 19.2 Å². The fourth-order valence-electron chi connectivity index (χ4n) is 3.33. The highest BCUT2D eigenvalue weighted by atomic mass is 32.2. The predicted molar refractivity (Wildman–Crippen MR) is 112 cm³/mol. The van der Waals surface area contributed by atoms with Crippen molar-refractivity contribution in [3.63, 3.8) is 0 Å². The van der Waals surface area contributed by atoms with E-state index in [1.54, 1.807) is 11.5 Å². The number of fused-ring (bicyclic) bond motifs is 3. The summed E-state index contributed by atoms with van der Waals surface area (Å²) >= 11 is 1.32. The van der Waals surface area contributed by atoms with E-state index in [9.17, 15) is 9.59 Å². The zero-order valence-corrected chi connectivity index (χ0v) is 16.7. The van der Waals surface area contributed by atoms with Crippen LogP contribution >= 0.6 is 11.8 Å². The lowest BCUT2D eigenvalue weighted by Crippen LogP contribution is -2.23. The molecule has 28 heavy (non-hydrogen) atoms. The van der Waals surface area contributed by atoms with Crippen molar-refractivity contribution in [2.24, 2.45) is 0 Å². The summed E-state index contributed by atoms with van der Waals surface area (Å²) in [5.41, 5.74) is 2.46. The molecule has 2 aromatic heterocycles. The van der Waals surface area contributed by atoms with Gasteiger partial charge in [-0.2, -0.15) is 0 Å². The van der Waals surface area contributed by atoms with Crippen LogP contribution in [-0.4, -0.2) is 30.7 Å². The first kappa shape index (κ1) is 18.4. The SMILES string of the molecule is CC(=O)CSc1nnc2n(-c3ccccc3C(C)C)c(=O)c3ccccc3n12. The Balaban J connectivity index is 2.11. The molecular weight excluding hydrogens is 372 g/mol. The summed E-state index contributed by atoms with van der Waals surface area (Å²) in [6, 6.07) is 15.3. The van der Waals surface area contributed by atoms with Gasteiger partial charge < -0.3 is 0 Å². The van der Waals surface area contributed by atoms with E-state index in [0.29, 0.717) is 22.1 Å². The summed E-state index contributed by atoms with van der Waals surface area (Å²) < 4.78 is 3.49. The van der Waals surface area contributed by atoms with Crippen LogP contribution in [0.2, 0.25) is 0 Å². The van der Waals surface area contributed by atoms with Gasteiger partial charge in [0.05, 0.1) is 22.3 Å². The van der Waals surface area contributed by atoms with Gasteiger partial charge >= 0.3 is 0 Å². The maximum atomic E-state index is 13.4. The Morgan fingerprint density at radius 1 is 1.07 bits per heavy atom. The molecule has 0 saturated heterocycles. The van der Waals surface area contributed by atoms with E-state index in [1.165, 1.54) is 11.8 Å². The Hall–Kier alpha value is -2.93. The van der Waals surface area contributed by atoms with Gasteiger partial charge in [0.15, 0.2) is 5.16 Å². The van der Waals surface area contributed by atoms with Crippen molar-refractivity contribution in [2.45, 2.75) is 31.8 Å². The molecule has 2 aromatic carbocycles. The molecule has 2 heterocycles. The average Bonchev–Trinajstić information content (AvgIpc) is 3.10. The van der Waals surface area contributed by atoms with Crippen molar-refractivity contribution >= 4 is 34.2 Å². The fourth-order valence-corrected chi connectivity index (χ4v) is 4.07. The van der Waals surface area contributed by atoms with Gasteiger partial charge in [0.25, 0.3) is 5.56 Å². The molecule has 0 unspecified atom stereocenters. The Morgan fingerprint density at radius 2 is 1.79 bits per heavy atom. The third-order valence-corrected chi connectivity index (χ3v) is 5.67. The molecule has 0 radical (unpaired) electrons. The van der Waals surface area contributed by atoms with Gasteiger partial charge in [0.1, 0.15) is 5.78 Å². The van der Waals surface area contributed by atoms with Crippen LogP contribution in [0.25, 0.3) is 22.4 Å². The van der Waals surface area contributed by atoms with Gasteiger partial charge in [0, 0.05) is 0 Å². The molecule has 6 nitrogen and oxygen atoms in total. The Kier molecular flexibility index (Phi) is 4.77. The van der Waals surface area contributed by atoms with Gasteiger partial charge in [-0.05, 0) is 36.6 Å². The number of Topliss-reactive ketones (excluding diaryl/α,β-unsaturated/α-hetero) is 1. The van der Waals surface area contributed by atoms with Gasteiger partial charge in [-0.25, -0.2) is 4.57 Å². The maximum absolute atomic E-state index is 13.4. The number of aromatic nitrogens is 4. The van der Waals surface area contributed by atoms with E-state index in [1.807, 2.05) is 52.9 Å². The number of para-hydroxylation sites is 2. The molecule has 0 fully saturated rings. The molecule has 0 spiro atoms. The zero-order chi connectivity index (χ0) is 19.8. The molecule has 7 heteroatoms. The van der Waals surface area contributed by atoms with Crippen LogP contribution in [0.4, 0.5) is 0 Å². The molecular formula is C21H20N4O2S. The third-order valence-electron chi connectivity index (χ3n) is 4.60. The van der Waals surface area contributed by atoms with Crippen LogP contribution in [0.1, 0.15) is 32.3 Å². The molecule has 0 aliphatic rings. The summed E-state index contributed by atoms with van der Waals surface area (Å²) in [5.74, 6) is 1.05. The lowest BCUT2D eigenvalue weighted by Gasteiger charge is -2.16. The summed E-state index contributed by atoms with van der Waals surface area (Å²) in [6.07, 6.45) is 0. The molecule has 0 aliphatic carbocycles. The van der Waals surface area contributed by atoms with Crippen molar-refractivity contribution in [2.75, 3.05) is 5.75 Å². The Morgan fingerprint density at radius 3 is 2.54 bits per heavy atom. The highest BCUT2D eigenvalue weighted by molar-refractivity contribution is 7.99. The second kappa shape index (κ2) is 7.24. The largest absolute Gasteiger partial charge is 0.299 e. The van der Waals surface area contributed by atoms with Crippen LogP contribution in [0, 0.1) is 0 Å². The van der Waals surface area contributed by atoms with Crippen LogP contribution in [0.3, 0.4) is 0 Å². The molecule has 0 bridgehead atoms. The molecule has 0 aliphatic heterocycles. The highest BCUT2D eigenvalue weighted by Crippen LogP contribution is 2.26. The number of carbonyl (C=O) groups excluding carboxylic acids is 1. The van der Waals surface area contributed by atoms with Crippen molar-refractivity contribution in [3.8, 4) is 5.69 Å². The minimum absolute atomic E-state index is 0.0598. The molecule has 0 atom stereocenters. The molecule has 4 aromatic rings. The number of nitrogens with zero attached hydrogens (tertiary/aromatic N) is 4. The minimum atomic E-state index is -0.133. The number of ketones is 1. The zero-order valence-electron chi connectivity index (χ0n) is 15.9. The second-order valence-corrected chi connectivity index (χ2v) is 7.92. The van der Waals surface area contributed by atoms with Crippen LogP contribution in [0.15, 0.2) is 58.5 Å². The summed E-state index contributed by atoms with van der Waals surface area (Å²) in [5, 5.41) is 9.79. The van der Waals surface area contributed by atoms with E-state index in [2.05, 4.69) is 24.0 Å². The van der Waals surface area contributed by atoms with Gasteiger partial charge in [-0.3, -0.25) is 14.0 Å². The third kappa shape index (κ3) is 3.01. The molecule has 4 rings (SSSR count). The van der Waals surface area contributed by atoms with E-state index < -0.39 is 0 Å². The van der Waals surface area contributed by atoms with E-state index >= 15 is 0 Å². The Bertz CT molecular complexity index is 1260. The molecule has 0 amide bonds. The number of benzene rings is 2. The summed E-state index contributed by atoms with van der Waals surface area (Å²) in [4.78, 5) is 24.9. The average molecular weight is 392 g/mol. The number of carbonyl (C=O) groups is 1. The van der Waals surface area contributed by atoms with E-state index in [-0.39, 0.29) is 17.3 Å². The normalized spacial score (nSPS) is 11.6. The van der Waals surface area contributed by atoms with Crippen molar-refractivity contribution in [3.05, 3.63) is 64.4 Å². The first-order valence-electron chi connectivity index (χ1n) is 9.09. The second-order valence-electron chi connectivity index (χ2n) is 6.98. The van der Waals surface area contributed by atoms with Gasteiger partial charge in [-0.1, -0.05) is 55.9 Å². The van der Waals surface area contributed by atoms with Crippen LogP contribution in [-0.2, 0) is 4.79 Å². The standard InChI is InChI=1S/C21H20N4O2S/c1-13(2)15-8-4-6-10-17(15)24-19(27)16-9-5-7-11-18(16)25-20(24)22-23-21(25)28-12-14(3)26/h4-11,13H,12H2,1-3H3. The van der Waals surface area contributed by atoms with Gasteiger partial charge in [-0.15, -0.1) is 10.2 Å². The predicted octanol–water partition coefficient (Wildman–Crippen LogP) is 3.84. The van der Waals surface area contributed by atoms with Crippen LogP contribution < -0.4 is 5.56 Å². The highest BCUT2D eigenvalue weighted by Gasteiger charge is 2.20. The summed E-state index contributed by atoms with van der Waals surface area (Å²) in [6.45, 7) is 5.74. The van der Waals surface area contributed by atoms with Crippen LogP contribution in [0.5, 0.6) is 0 Å². The lowest BCUT2D eigenvalue weighted by molar-refractivity contribution is -0.114. The van der Waals surface area contributed by atoms with Crippen molar-refractivity contribution < 1.29 is 4.79 Å². The molecule has 142 valence electrons. The minimum Gasteiger partial charge on any atom is -0.299 e. The summed E-state index contributed by atoms with van der Waals surface area (Å²) in [7, 11) is 0. The fraction of sp³-hybridized carbons (Fsp3) is 0.238. The van der Waals surface area contributed by atoms with E-state index in [0.717, 1.165) is 16.8 Å². The monoisotopic (exact) mass is 392 g/mol. The van der Waals surface area contributed by atoms with Gasteiger partial charge in [0.2, 0.25) is 5.78 Å². The van der Waals surface area contributed by atoms with Crippen molar-refractivity contribution in [1.29, 1.82) is 0 Å². The first-order chi connectivity index (χ1) is 13.5. The van der Waals surface area contributed by atoms with E-state index in [4.69, 9.17) is 0 Å². The smallest absolute Gasteiger partial charge is 0.267 e. The number of hydrogen-bond donors (Lipinski definition) is 0.